The van der Waals surface area contributed by atoms with Gasteiger partial charge in [-0.2, -0.15) is 0 Å². The van der Waals surface area contributed by atoms with Crippen molar-refractivity contribution in [3.63, 3.8) is 0 Å². The lowest BCUT2D eigenvalue weighted by atomic mass is 10.0. The maximum Gasteiger partial charge on any atom is 0.341 e. The average Bonchev–Trinajstić information content (AvgIpc) is 2.73. The van der Waals surface area contributed by atoms with E-state index in [9.17, 15) is 19.7 Å². The van der Waals surface area contributed by atoms with Gasteiger partial charge in [0.25, 0.3) is 11.6 Å². The molecule has 0 unspecified atom stereocenters. The fourth-order valence-corrected chi connectivity index (χ4v) is 2.90. The number of anilines is 1. The molecule has 29 heavy (non-hydrogen) atoms. The quantitative estimate of drug-likeness (QED) is 0.377. The molecule has 2 aromatic carbocycles. The molecule has 0 aliphatic heterocycles. The van der Waals surface area contributed by atoms with E-state index < -0.39 is 22.9 Å². The molecule has 2 aromatic rings. The first kappa shape index (κ1) is 21.9. The Kier molecular flexibility index (Phi) is 7.70. The number of benzene rings is 2. The van der Waals surface area contributed by atoms with Gasteiger partial charge in [-0.05, 0) is 25.0 Å². The number of nitrogens with one attached hydrogen (secondary N) is 2. The Hall–Kier alpha value is -3.42. The molecule has 0 saturated carbocycles. The van der Waals surface area contributed by atoms with Crippen LogP contribution in [0.2, 0.25) is 0 Å². The Morgan fingerprint density at radius 2 is 1.86 bits per heavy atom. The van der Waals surface area contributed by atoms with E-state index in [0.29, 0.717) is 5.69 Å². The van der Waals surface area contributed by atoms with Crippen LogP contribution in [-0.4, -0.2) is 30.0 Å². The van der Waals surface area contributed by atoms with Gasteiger partial charge in [-0.1, -0.05) is 43.7 Å². The fraction of sp³-hybridized carbons (Fsp3) is 0.333. The second kappa shape index (κ2) is 10.2. The molecule has 8 nitrogen and oxygen atoms in total. The van der Waals surface area contributed by atoms with Crippen LogP contribution in [-0.2, 0) is 9.53 Å². The van der Waals surface area contributed by atoms with Gasteiger partial charge in [-0.3, -0.25) is 14.9 Å². The van der Waals surface area contributed by atoms with Gasteiger partial charge in [0, 0.05) is 24.9 Å². The van der Waals surface area contributed by atoms with Crippen LogP contribution < -0.4 is 10.6 Å². The zero-order valence-electron chi connectivity index (χ0n) is 16.7. The van der Waals surface area contributed by atoms with Gasteiger partial charge in [-0.15, -0.1) is 0 Å². The first-order valence-electron chi connectivity index (χ1n) is 9.39. The summed E-state index contributed by atoms with van der Waals surface area (Å²) >= 11 is 0. The molecule has 0 saturated heterocycles. The van der Waals surface area contributed by atoms with Gasteiger partial charge in [-0.25, -0.2) is 4.79 Å². The van der Waals surface area contributed by atoms with Gasteiger partial charge in [0.2, 0.25) is 0 Å². The van der Waals surface area contributed by atoms with Crippen LogP contribution in [0.3, 0.4) is 0 Å². The second-order valence-electron chi connectivity index (χ2n) is 6.55. The van der Waals surface area contributed by atoms with Gasteiger partial charge >= 0.3 is 5.97 Å². The minimum Gasteiger partial charge on any atom is -0.449 e. The smallest absolute Gasteiger partial charge is 0.341 e. The first-order chi connectivity index (χ1) is 13.9. The van der Waals surface area contributed by atoms with E-state index in [4.69, 9.17) is 4.74 Å². The van der Waals surface area contributed by atoms with E-state index >= 15 is 0 Å². The lowest BCUT2D eigenvalue weighted by Gasteiger charge is -2.21. The van der Waals surface area contributed by atoms with Crippen molar-refractivity contribution in [2.45, 2.75) is 38.8 Å². The van der Waals surface area contributed by atoms with Crippen LogP contribution in [0.1, 0.15) is 48.7 Å². The molecule has 0 fully saturated rings. The number of hydrogen-bond acceptors (Lipinski definition) is 6. The molecule has 0 heterocycles. The number of carbonyl (C=O) groups excluding carboxylic acids is 2. The number of nitro groups is 1. The molecule has 0 aliphatic rings. The monoisotopic (exact) mass is 399 g/mol. The van der Waals surface area contributed by atoms with Crippen molar-refractivity contribution in [1.82, 2.24) is 5.32 Å². The van der Waals surface area contributed by atoms with Crippen molar-refractivity contribution >= 4 is 23.3 Å². The molecule has 1 amide bonds. The molecule has 2 atom stereocenters. The Labute approximate surface area is 169 Å². The van der Waals surface area contributed by atoms with Crippen molar-refractivity contribution in [2.24, 2.45) is 0 Å². The number of nitro benzene ring substituents is 1. The molecule has 154 valence electrons. The molecular weight excluding hydrogens is 374 g/mol. The van der Waals surface area contributed by atoms with Crippen LogP contribution in [0.5, 0.6) is 0 Å². The normalized spacial score (nSPS) is 12.5. The molecule has 2 rings (SSSR count). The number of carbonyl (C=O) groups is 2. The SMILES string of the molecule is CCC[C@@H](NC(=O)[C@@H](C)OC(=O)c1cc([N+](=O)[O-])ccc1NC)c1ccccc1. The summed E-state index contributed by atoms with van der Waals surface area (Å²) in [4.78, 5) is 35.5. The minimum atomic E-state index is -1.06. The van der Waals surface area contributed by atoms with Crippen LogP contribution in [0.4, 0.5) is 11.4 Å². The first-order valence-corrected chi connectivity index (χ1v) is 9.39. The fourth-order valence-electron chi connectivity index (χ4n) is 2.90. The van der Waals surface area contributed by atoms with Crippen LogP contribution in [0, 0.1) is 10.1 Å². The summed E-state index contributed by atoms with van der Waals surface area (Å²) in [6.45, 7) is 3.49. The van der Waals surface area contributed by atoms with E-state index in [-0.39, 0.29) is 17.3 Å². The zero-order chi connectivity index (χ0) is 21.4. The molecule has 2 N–H and O–H groups in total. The Bertz CT molecular complexity index is 870. The van der Waals surface area contributed by atoms with Gasteiger partial charge in [0.05, 0.1) is 16.5 Å². The largest absolute Gasteiger partial charge is 0.449 e. The van der Waals surface area contributed by atoms with E-state index in [1.54, 1.807) is 7.05 Å². The van der Waals surface area contributed by atoms with Crippen molar-refractivity contribution in [3.05, 3.63) is 69.8 Å². The van der Waals surface area contributed by atoms with E-state index in [1.807, 2.05) is 37.3 Å². The number of amides is 1. The van der Waals surface area contributed by atoms with E-state index in [2.05, 4.69) is 10.6 Å². The molecule has 0 bridgehead atoms. The lowest BCUT2D eigenvalue weighted by molar-refractivity contribution is -0.384. The molecule has 0 aliphatic carbocycles. The summed E-state index contributed by atoms with van der Waals surface area (Å²) in [6, 6.07) is 13.2. The Morgan fingerprint density at radius 3 is 2.45 bits per heavy atom. The summed E-state index contributed by atoms with van der Waals surface area (Å²) < 4.78 is 5.28. The summed E-state index contributed by atoms with van der Waals surface area (Å²) in [5.74, 6) is -1.25. The Balaban J connectivity index is 2.11. The van der Waals surface area contributed by atoms with Gasteiger partial charge in [0.1, 0.15) is 0 Å². The second-order valence-corrected chi connectivity index (χ2v) is 6.55. The highest BCUT2D eigenvalue weighted by atomic mass is 16.6. The van der Waals surface area contributed by atoms with Crippen molar-refractivity contribution in [2.75, 3.05) is 12.4 Å². The number of rotatable bonds is 9. The van der Waals surface area contributed by atoms with Crippen LogP contribution in [0.15, 0.2) is 48.5 Å². The van der Waals surface area contributed by atoms with Gasteiger partial charge < -0.3 is 15.4 Å². The third-order valence-corrected chi connectivity index (χ3v) is 4.45. The highest BCUT2D eigenvalue weighted by Crippen LogP contribution is 2.23. The summed E-state index contributed by atoms with van der Waals surface area (Å²) in [5.41, 5.74) is 1.10. The lowest BCUT2D eigenvalue weighted by Crippen LogP contribution is -2.38. The Morgan fingerprint density at radius 1 is 1.17 bits per heavy atom. The van der Waals surface area contributed by atoms with Crippen LogP contribution >= 0.6 is 0 Å². The third kappa shape index (κ3) is 5.78. The number of ether oxygens (including phenoxy) is 1. The van der Waals surface area contributed by atoms with E-state index in [1.165, 1.54) is 19.1 Å². The topological polar surface area (TPSA) is 111 Å². The molecule has 8 heteroatoms. The molecular formula is C21H25N3O5. The minimum absolute atomic E-state index is 0.00508. The zero-order valence-corrected chi connectivity index (χ0v) is 16.7. The van der Waals surface area contributed by atoms with Crippen molar-refractivity contribution in [3.8, 4) is 0 Å². The predicted octanol–water partition coefficient (Wildman–Crippen LogP) is 3.84. The number of esters is 1. The predicted molar refractivity (Wildman–Crippen MR) is 110 cm³/mol. The maximum absolute atomic E-state index is 12.6. The standard InChI is InChI=1S/C21H25N3O5/c1-4-8-18(15-9-6-5-7-10-15)23-20(25)14(2)29-21(26)17-13-16(24(27)28)11-12-19(17)22-3/h5-7,9-14,18,22H,4,8H2,1-3H3,(H,23,25)/t14-,18-/m1/s1. The van der Waals surface area contributed by atoms with Crippen molar-refractivity contribution in [1.29, 1.82) is 0 Å². The summed E-state index contributed by atoms with van der Waals surface area (Å²) in [7, 11) is 1.59. The summed E-state index contributed by atoms with van der Waals surface area (Å²) in [5, 5.41) is 16.7. The van der Waals surface area contributed by atoms with E-state index in [0.717, 1.165) is 24.5 Å². The van der Waals surface area contributed by atoms with Gasteiger partial charge in [0.15, 0.2) is 6.10 Å². The summed E-state index contributed by atoms with van der Waals surface area (Å²) in [6.07, 6.45) is 0.549. The molecule has 0 aromatic heterocycles. The molecule has 0 radical (unpaired) electrons. The molecule has 0 spiro atoms. The van der Waals surface area contributed by atoms with Crippen molar-refractivity contribution < 1.29 is 19.2 Å². The highest BCUT2D eigenvalue weighted by molar-refractivity contribution is 5.98. The number of hydrogen-bond donors (Lipinski definition) is 2. The van der Waals surface area contributed by atoms with Crippen LogP contribution in [0.25, 0.3) is 0 Å². The highest BCUT2D eigenvalue weighted by Gasteiger charge is 2.24. The number of nitrogens with zero attached hydrogens (tertiary/aromatic N) is 1. The number of non-ortho nitro benzene ring substituents is 1. The maximum atomic E-state index is 12.6. The third-order valence-electron chi connectivity index (χ3n) is 4.45. The average molecular weight is 399 g/mol.